The molecule has 1 aromatic carbocycles. The molecule has 1 atom stereocenters. The van der Waals surface area contributed by atoms with Crippen LogP contribution >= 0.6 is 0 Å². The summed E-state index contributed by atoms with van der Waals surface area (Å²) >= 11 is 0. The van der Waals surface area contributed by atoms with Crippen molar-refractivity contribution in [1.82, 2.24) is 14.8 Å². The Morgan fingerprint density at radius 2 is 2.15 bits per heavy atom. The maximum atomic E-state index is 3.26. The fraction of sp³-hybridized carbons (Fsp3) is 0.529. The summed E-state index contributed by atoms with van der Waals surface area (Å²) in [6, 6.07) is 9.64. The van der Waals surface area contributed by atoms with Crippen molar-refractivity contribution in [2.45, 2.75) is 31.8 Å². The number of rotatable bonds is 3. The number of nitrogens with one attached hydrogen (secondary N) is 1. The minimum absolute atomic E-state index is 0.702. The Labute approximate surface area is 121 Å². The molecule has 3 nitrogen and oxygen atoms in total. The molecule has 0 amide bonds. The first-order valence-electron chi connectivity index (χ1n) is 7.67. The molecule has 1 aliphatic heterocycles. The maximum Gasteiger partial charge on any atom is 0.0454 e. The van der Waals surface area contributed by atoms with E-state index in [1.807, 2.05) is 6.20 Å². The highest BCUT2D eigenvalue weighted by Crippen LogP contribution is 2.19. The number of fused-ring (bicyclic) bond motifs is 1. The van der Waals surface area contributed by atoms with Crippen LogP contribution in [0.3, 0.4) is 0 Å². The van der Waals surface area contributed by atoms with Gasteiger partial charge in [-0.1, -0.05) is 12.5 Å². The van der Waals surface area contributed by atoms with Crippen LogP contribution in [0.25, 0.3) is 10.9 Å². The first-order valence-corrected chi connectivity index (χ1v) is 7.67. The van der Waals surface area contributed by atoms with Crippen LogP contribution in [0.1, 0.15) is 24.8 Å². The first-order chi connectivity index (χ1) is 9.72. The molecule has 0 aliphatic carbocycles. The molecule has 3 rings (SSSR count). The lowest BCUT2D eigenvalue weighted by Crippen LogP contribution is -2.38. The highest BCUT2D eigenvalue weighted by Gasteiger charge is 2.19. The Morgan fingerprint density at radius 1 is 1.25 bits per heavy atom. The monoisotopic (exact) mass is 271 g/mol. The van der Waals surface area contributed by atoms with Crippen LogP contribution in [-0.4, -0.2) is 48.0 Å². The molecule has 108 valence electrons. The summed E-state index contributed by atoms with van der Waals surface area (Å²) in [6.07, 6.45) is 6.04. The number of likely N-dealkylation sites (tertiary alicyclic amines) is 1. The van der Waals surface area contributed by atoms with Gasteiger partial charge in [0.25, 0.3) is 0 Å². The summed E-state index contributed by atoms with van der Waals surface area (Å²) in [5, 5.41) is 1.32. The fourth-order valence-electron chi connectivity index (χ4n) is 3.22. The molecule has 1 saturated heterocycles. The minimum Gasteiger partial charge on any atom is -0.361 e. The number of aromatic amines is 1. The van der Waals surface area contributed by atoms with Crippen molar-refractivity contribution in [3.05, 3.63) is 36.0 Å². The molecular weight excluding hydrogens is 246 g/mol. The van der Waals surface area contributed by atoms with Gasteiger partial charge in [-0.05, 0) is 62.6 Å². The van der Waals surface area contributed by atoms with Gasteiger partial charge in [0, 0.05) is 30.8 Å². The SMILES string of the molecule is CN(C)C1CCCCN(Cc2ccc3[nH]ccc3c2)C1. The molecule has 2 heterocycles. The Morgan fingerprint density at radius 3 is 3.00 bits per heavy atom. The Bertz CT molecular complexity index is 558. The van der Waals surface area contributed by atoms with Crippen molar-refractivity contribution in [3.63, 3.8) is 0 Å². The van der Waals surface area contributed by atoms with Crippen molar-refractivity contribution < 1.29 is 0 Å². The van der Waals surface area contributed by atoms with Crippen LogP contribution in [0, 0.1) is 0 Å². The Hall–Kier alpha value is -1.32. The quantitative estimate of drug-likeness (QED) is 0.927. The van der Waals surface area contributed by atoms with Crippen LogP contribution in [0.2, 0.25) is 0 Å². The molecule has 0 radical (unpaired) electrons. The molecule has 0 spiro atoms. The van der Waals surface area contributed by atoms with Gasteiger partial charge >= 0.3 is 0 Å². The van der Waals surface area contributed by atoms with E-state index in [1.165, 1.54) is 48.8 Å². The second kappa shape index (κ2) is 5.98. The van der Waals surface area contributed by atoms with Gasteiger partial charge in [-0.15, -0.1) is 0 Å². The average Bonchev–Trinajstić information content (AvgIpc) is 2.76. The van der Waals surface area contributed by atoms with Gasteiger partial charge < -0.3 is 9.88 Å². The van der Waals surface area contributed by atoms with Crippen LogP contribution in [0.15, 0.2) is 30.5 Å². The smallest absolute Gasteiger partial charge is 0.0454 e. The van der Waals surface area contributed by atoms with Crippen molar-refractivity contribution in [1.29, 1.82) is 0 Å². The van der Waals surface area contributed by atoms with E-state index in [0.29, 0.717) is 6.04 Å². The van der Waals surface area contributed by atoms with E-state index in [2.05, 4.69) is 53.1 Å². The number of hydrogen-bond donors (Lipinski definition) is 1. The average molecular weight is 271 g/mol. The second-order valence-corrected chi connectivity index (χ2v) is 6.25. The number of aromatic nitrogens is 1. The lowest BCUT2D eigenvalue weighted by molar-refractivity contribution is 0.191. The van der Waals surface area contributed by atoms with Crippen molar-refractivity contribution in [3.8, 4) is 0 Å². The van der Waals surface area contributed by atoms with Gasteiger partial charge in [0.05, 0.1) is 0 Å². The molecule has 20 heavy (non-hydrogen) atoms. The molecule has 1 aliphatic rings. The lowest BCUT2D eigenvalue weighted by Gasteiger charge is -2.28. The summed E-state index contributed by atoms with van der Waals surface area (Å²) in [5.74, 6) is 0. The van der Waals surface area contributed by atoms with Crippen molar-refractivity contribution in [2.24, 2.45) is 0 Å². The number of nitrogens with zero attached hydrogens (tertiary/aromatic N) is 2. The third kappa shape index (κ3) is 3.05. The van der Waals surface area contributed by atoms with E-state index in [-0.39, 0.29) is 0 Å². The summed E-state index contributed by atoms with van der Waals surface area (Å²) in [7, 11) is 4.42. The molecule has 1 unspecified atom stereocenters. The maximum absolute atomic E-state index is 3.26. The molecule has 0 saturated carbocycles. The van der Waals surface area contributed by atoms with Crippen LogP contribution in [0.4, 0.5) is 0 Å². The van der Waals surface area contributed by atoms with Crippen LogP contribution < -0.4 is 0 Å². The van der Waals surface area contributed by atoms with Gasteiger partial charge in [0.15, 0.2) is 0 Å². The molecule has 1 N–H and O–H groups in total. The molecule has 0 bridgehead atoms. The Balaban J connectivity index is 1.71. The molecule has 1 aromatic heterocycles. The van der Waals surface area contributed by atoms with Crippen LogP contribution in [-0.2, 0) is 6.54 Å². The fourth-order valence-corrected chi connectivity index (χ4v) is 3.22. The van der Waals surface area contributed by atoms with E-state index in [0.717, 1.165) is 6.54 Å². The van der Waals surface area contributed by atoms with Gasteiger partial charge in [-0.25, -0.2) is 0 Å². The zero-order valence-corrected chi connectivity index (χ0v) is 12.6. The Kier molecular flexibility index (Phi) is 4.08. The number of likely N-dealkylation sites (N-methyl/N-ethyl adjacent to an activating group) is 1. The van der Waals surface area contributed by atoms with Gasteiger partial charge in [0.2, 0.25) is 0 Å². The third-order valence-electron chi connectivity index (χ3n) is 4.48. The summed E-state index contributed by atoms with van der Waals surface area (Å²) in [4.78, 5) is 8.26. The van der Waals surface area contributed by atoms with Crippen molar-refractivity contribution >= 4 is 10.9 Å². The van der Waals surface area contributed by atoms with Crippen LogP contribution in [0.5, 0.6) is 0 Å². The zero-order chi connectivity index (χ0) is 13.9. The van der Waals surface area contributed by atoms with E-state index in [1.54, 1.807) is 0 Å². The number of H-pyrrole nitrogens is 1. The normalized spacial score (nSPS) is 21.4. The highest BCUT2D eigenvalue weighted by atomic mass is 15.2. The minimum atomic E-state index is 0.702. The molecule has 3 heteroatoms. The predicted octanol–water partition coefficient (Wildman–Crippen LogP) is 3.08. The van der Waals surface area contributed by atoms with E-state index < -0.39 is 0 Å². The largest absolute Gasteiger partial charge is 0.361 e. The predicted molar refractivity (Wildman–Crippen MR) is 84.9 cm³/mol. The summed E-state index contributed by atoms with van der Waals surface area (Å²) < 4.78 is 0. The molecule has 1 fully saturated rings. The number of benzene rings is 1. The highest BCUT2D eigenvalue weighted by molar-refractivity contribution is 5.79. The standard InChI is InChI=1S/C17H25N3/c1-19(2)16-5-3-4-10-20(13-16)12-14-6-7-17-15(11-14)8-9-18-17/h6-9,11,16,18H,3-5,10,12-13H2,1-2H3. The topological polar surface area (TPSA) is 22.3 Å². The van der Waals surface area contributed by atoms with E-state index in [9.17, 15) is 0 Å². The summed E-state index contributed by atoms with van der Waals surface area (Å²) in [6.45, 7) is 3.50. The lowest BCUT2D eigenvalue weighted by atomic mass is 10.1. The van der Waals surface area contributed by atoms with Crippen molar-refractivity contribution in [2.75, 3.05) is 27.2 Å². The second-order valence-electron chi connectivity index (χ2n) is 6.25. The van der Waals surface area contributed by atoms with Gasteiger partial charge in [0.1, 0.15) is 0 Å². The first kappa shape index (κ1) is 13.7. The van der Waals surface area contributed by atoms with E-state index in [4.69, 9.17) is 0 Å². The van der Waals surface area contributed by atoms with Gasteiger partial charge in [-0.2, -0.15) is 0 Å². The van der Waals surface area contributed by atoms with Gasteiger partial charge in [-0.3, -0.25) is 4.90 Å². The van der Waals surface area contributed by atoms with E-state index >= 15 is 0 Å². The molecule has 2 aromatic rings. The summed E-state index contributed by atoms with van der Waals surface area (Å²) in [5.41, 5.74) is 2.66. The number of hydrogen-bond acceptors (Lipinski definition) is 2. The molecular formula is C17H25N3. The third-order valence-corrected chi connectivity index (χ3v) is 4.48. The zero-order valence-electron chi connectivity index (χ0n) is 12.6.